The fourth-order valence-electron chi connectivity index (χ4n) is 9.81. The van der Waals surface area contributed by atoms with E-state index in [1.165, 1.54) is 42.8 Å². The Kier molecular flexibility index (Phi) is 9.82. The molecule has 2 aromatic carbocycles. The maximum Gasteiger partial charge on any atom is 0.317 e. The molecule has 0 bridgehead atoms. The number of nitrogens with zero attached hydrogens (tertiary/aromatic N) is 2. The Morgan fingerprint density at radius 3 is 1.38 bits per heavy atom. The van der Waals surface area contributed by atoms with Gasteiger partial charge in [-0.1, -0.05) is 0 Å². The summed E-state index contributed by atoms with van der Waals surface area (Å²) in [6, 6.07) is 8.43. The lowest BCUT2D eigenvalue weighted by Crippen LogP contribution is -2.55. The predicted octanol–water partition coefficient (Wildman–Crippen LogP) is 7.19. The molecule has 0 aromatic heterocycles. The van der Waals surface area contributed by atoms with Crippen molar-refractivity contribution in [3.63, 3.8) is 0 Å². The van der Waals surface area contributed by atoms with Crippen LogP contribution in [-0.2, 0) is 0 Å². The second-order valence-corrected chi connectivity index (χ2v) is 16.6. The molecule has 0 unspecified atom stereocenters. The second kappa shape index (κ2) is 14.5. The Bertz CT molecular complexity index is 1610. The smallest absolute Gasteiger partial charge is 0.317 e. The average molecular weight is 733 g/mol. The zero-order valence-electron chi connectivity index (χ0n) is 30.3. The predicted molar refractivity (Wildman–Crippen MR) is 192 cm³/mol. The number of fused-ring (bicyclic) bond motifs is 2. The topological polar surface area (TPSA) is 117 Å². The van der Waals surface area contributed by atoms with Crippen LogP contribution in [-0.4, -0.2) is 82.9 Å². The van der Waals surface area contributed by atoms with Crippen molar-refractivity contribution in [2.45, 2.75) is 120 Å². The van der Waals surface area contributed by atoms with Crippen LogP contribution in [0.1, 0.15) is 117 Å². The van der Waals surface area contributed by atoms with Gasteiger partial charge in [0.25, 0.3) is 0 Å². The number of Topliss-reactive ketones (excluding diaryl/α,β-unsaturated/α-hetero) is 2. The first-order valence-electron chi connectivity index (χ1n) is 19.7. The highest BCUT2D eigenvalue weighted by molar-refractivity contribution is 6.01. The monoisotopic (exact) mass is 732 g/mol. The highest BCUT2D eigenvalue weighted by Crippen LogP contribution is 2.42. The van der Waals surface area contributed by atoms with Crippen LogP contribution in [0, 0.1) is 23.5 Å². The molecule has 284 valence electrons. The Hall–Kier alpha value is -4.22. The second-order valence-electron chi connectivity index (χ2n) is 16.6. The number of halogens is 2. The third-order valence-electron chi connectivity index (χ3n) is 13.0. The molecule has 2 saturated heterocycles. The van der Waals surface area contributed by atoms with Gasteiger partial charge >= 0.3 is 12.1 Å². The van der Waals surface area contributed by atoms with Gasteiger partial charge in [-0.25, -0.2) is 18.4 Å². The number of benzene rings is 2. The molecule has 4 aliphatic heterocycles. The number of ether oxygens (including phenoxy) is 2. The number of amides is 4. The average Bonchev–Trinajstić information content (AvgIpc) is 3.14. The van der Waals surface area contributed by atoms with Gasteiger partial charge in [0, 0.05) is 63.9 Å². The Morgan fingerprint density at radius 1 is 0.623 bits per heavy atom. The first-order chi connectivity index (χ1) is 25.5. The van der Waals surface area contributed by atoms with Crippen molar-refractivity contribution in [2.24, 2.45) is 11.8 Å². The number of nitrogens with one attached hydrogen (secondary N) is 2. The summed E-state index contributed by atoms with van der Waals surface area (Å²) in [5.41, 5.74) is -0.661. The van der Waals surface area contributed by atoms with E-state index in [1.807, 2.05) is 9.80 Å². The van der Waals surface area contributed by atoms with Crippen LogP contribution in [0.3, 0.4) is 0 Å². The SMILES string of the molecule is O=C1CC2(CCN(C(=O)NC3CCC(CC4CCC(NC(=O)N5CCC6(CC5)CC(=O)c5cc(F)ccc5O6)CC4)CC3)CC2)Oc2ccc(F)cc21. The van der Waals surface area contributed by atoms with E-state index in [1.54, 1.807) is 0 Å². The largest absolute Gasteiger partial charge is 0.486 e. The number of carbonyl (C=O) groups is 4. The van der Waals surface area contributed by atoms with Crippen molar-refractivity contribution in [3.05, 3.63) is 59.2 Å². The van der Waals surface area contributed by atoms with Crippen LogP contribution >= 0.6 is 0 Å². The lowest BCUT2D eigenvalue weighted by atomic mass is 9.75. The van der Waals surface area contributed by atoms with Crippen LogP contribution in [0.4, 0.5) is 18.4 Å². The maximum absolute atomic E-state index is 13.7. The van der Waals surface area contributed by atoms with Crippen molar-refractivity contribution in [2.75, 3.05) is 26.2 Å². The van der Waals surface area contributed by atoms with Crippen molar-refractivity contribution < 1.29 is 37.4 Å². The molecule has 4 fully saturated rings. The molecule has 2 aliphatic carbocycles. The summed E-state index contributed by atoms with van der Waals surface area (Å²) >= 11 is 0. The van der Waals surface area contributed by atoms with Gasteiger partial charge in [0.15, 0.2) is 11.6 Å². The molecule has 2 aromatic rings. The van der Waals surface area contributed by atoms with Gasteiger partial charge in [0.05, 0.1) is 24.0 Å². The van der Waals surface area contributed by atoms with Crippen molar-refractivity contribution in [1.29, 1.82) is 0 Å². The van der Waals surface area contributed by atoms with Crippen LogP contribution in [0.2, 0.25) is 0 Å². The summed E-state index contributed by atoms with van der Waals surface area (Å²) in [5.74, 6) is 1.09. The number of urea groups is 2. The molecular formula is C41H50F2N4O6. The summed E-state index contributed by atoms with van der Waals surface area (Å²) in [6.45, 7) is 2.07. The summed E-state index contributed by atoms with van der Waals surface area (Å²) in [6.07, 6.45) is 12.2. The van der Waals surface area contributed by atoms with Gasteiger partial charge in [-0.3, -0.25) is 9.59 Å². The van der Waals surface area contributed by atoms with Gasteiger partial charge < -0.3 is 29.9 Å². The number of hydrogen-bond donors (Lipinski definition) is 2. The van der Waals surface area contributed by atoms with Gasteiger partial charge in [0.1, 0.15) is 34.3 Å². The van der Waals surface area contributed by atoms with E-state index in [0.717, 1.165) is 51.4 Å². The molecule has 2 saturated carbocycles. The van der Waals surface area contributed by atoms with Crippen molar-refractivity contribution in [3.8, 4) is 11.5 Å². The molecular weight excluding hydrogens is 682 g/mol. The van der Waals surface area contributed by atoms with E-state index in [0.29, 0.717) is 86.3 Å². The number of carbonyl (C=O) groups excluding carboxylic acids is 4. The molecule has 6 aliphatic rings. The van der Waals surface area contributed by atoms with Gasteiger partial charge in [-0.2, -0.15) is 0 Å². The fraction of sp³-hybridized carbons (Fsp3) is 0.610. The van der Waals surface area contributed by atoms with Crippen molar-refractivity contribution in [1.82, 2.24) is 20.4 Å². The third-order valence-corrected chi connectivity index (χ3v) is 13.0. The summed E-state index contributed by atoms with van der Waals surface area (Å²) < 4.78 is 39.8. The molecule has 53 heavy (non-hydrogen) atoms. The zero-order valence-corrected chi connectivity index (χ0v) is 30.3. The third kappa shape index (κ3) is 7.74. The zero-order chi connectivity index (χ0) is 36.7. The van der Waals surface area contributed by atoms with E-state index >= 15 is 0 Å². The lowest BCUT2D eigenvalue weighted by Gasteiger charge is -2.44. The number of likely N-dealkylation sites (tertiary alicyclic amines) is 2. The molecule has 12 heteroatoms. The first-order valence-corrected chi connectivity index (χ1v) is 19.7. The highest BCUT2D eigenvalue weighted by atomic mass is 19.1. The minimum absolute atomic E-state index is 0.0432. The fourth-order valence-corrected chi connectivity index (χ4v) is 9.81. The number of piperidine rings is 2. The Balaban J connectivity index is 0.713. The molecule has 4 amide bonds. The summed E-state index contributed by atoms with van der Waals surface area (Å²) in [4.78, 5) is 55.5. The first kappa shape index (κ1) is 35.8. The molecule has 4 heterocycles. The summed E-state index contributed by atoms with van der Waals surface area (Å²) in [5, 5.41) is 6.54. The molecule has 2 spiro atoms. The Morgan fingerprint density at radius 2 is 1.00 bits per heavy atom. The summed E-state index contributed by atoms with van der Waals surface area (Å²) in [7, 11) is 0. The van der Waals surface area contributed by atoms with E-state index in [2.05, 4.69) is 10.6 Å². The molecule has 0 atom stereocenters. The van der Waals surface area contributed by atoms with E-state index in [4.69, 9.17) is 9.47 Å². The maximum atomic E-state index is 13.7. The van der Waals surface area contributed by atoms with Crippen molar-refractivity contribution >= 4 is 23.6 Å². The number of hydrogen-bond acceptors (Lipinski definition) is 6. The highest BCUT2D eigenvalue weighted by Gasteiger charge is 2.45. The minimum atomic E-state index is -0.633. The molecule has 10 nitrogen and oxygen atoms in total. The number of rotatable bonds is 4. The normalized spacial score (nSPS) is 27.7. The molecule has 0 radical (unpaired) electrons. The quantitative estimate of drug-likeness (QED) is 0.344. The van der Waals surface area contributed by atoms with E-state index in [-0.39, 0.29) is 48.6 Å². The number of ketones is 2. The Labute approximate surface area is 309 Å². The van der Waals surface area contributed by atoms with E-state index < -0.39 is 22.8 Å². The lowest BCUT2D eigenvalue weighted by molar-refractivity contribution is -0.00194. The van der Waals surface area contributed by atoms with Gasteiger partial charge in [-0.15, -0.1) is 0 Å². The van der Waals surface area contributed by atoms with E-state index in [9.17, 15) is 28.0 Å². The van der Waals surface area contributed by atoms with Gasteiger partial charge in [-0.05, 0) is 106 Å². The van der Waals surface area contributed by atoms with Crippen LogP contribution in [0.5, 0.6) is 11.5 Å². The van der Waals surface area contributed by atoms with Crippen LogP contribution < -0.4 is 20.1 Å². The van der Waals surface area contributed by atoms with Crippen LogP contribution in [0.25, 0.3) is 0 Å². The van der Waals surface area contributed by atoms with Crippen LogP contribution in [0.15, 0.2) is 36.4 Å². The molecule has 2 N–H and O–H groups in total. The standard InChI is InChI=1S/C41H50F2N4O6/c42-28-5-11-36-32(22-28)34(48)24-40(52-36)13-17-46(18-14-40)38(50)44-30-7-1-26(2-8-30)21-27-3-9-31(10-4-27)45-39(51)47-19-15-41(16-20-47)25-35(49)33-23-29(43)6-12-37(33)53-41/h5-6,11-12,22-23,26-27,30-31H,1-4,7-10,13-21,24-25H2,(H,44,50)(H,45,51). The molecule has 8 rings (SSSR count). The minimum Gasteiger partial charge on any atom is -0.486 e. The van der Waals surface area contributed by atoms with Gasteiger partial charge in [0.2, 0.25) is 0 Å².